The third kappa shape index (κ3) is 4.27. The number of pyridine rings is 1. The molecule has 0 spiro atoms. The van der Waals surface area contributed by atoms with Gasteiger partial charge in [0.2, 0.25) is 0 Å². The molecule has 1 amide bonds. The van der Waals surface area contributed by atoms with Crippen molar-refractivity contribution in [3.63, 3.8) is 0 Å². The first-order chi connectivity index (χ1) is 13.6. The number of hydrogen-bond acceptors (Lipinski definition) is 4. The van der Waals surface area contributed by atoms with Crippen LogP contribution in [0.15, 0.2) is 54.7 Å². The molecule has 0 unspecified atom stereocenters. The maximum Gasteiger partial charge on any atom is 0.255 e. The summed E-state index contributed by atoms with van der Waals surface area (Å²) in [7, 11) is 0. The summed E-state index contributed by atoms with van der Waals surface area (Å²) in [5.74, 6) is 0.0734. The molecule has 6 heteroatoms. The number of piperazine rings is 1. The summed E-state index contributed by atoms with van der Waals surface area (Å²) in [4.78, 5) is 23.7. The van der Waals surface area contributed by atoms with Gasteiger partial charge in [-0.3, -0.25) is 14.7 Å². The van der Waals surface area contributed by atoms with E-state index in [4.69, 9.17) is 11.6 Å². The normalized spacial score (nSPS) is 15.0. The monoisotopic (exact) mass is 411 g/mol. The molecular formula is C22H22ClN3OS. The molecule has 0 N–H and O–H groups in total. The van der Waals surface area contributed by atoms with Gasteiger partial charge < -0.3 is 4.90 Å². The van der Waals surface area contributed by atoms with Crippen LogP contribution in [0.3, 0.4) is 0 Å². The van der Waals surface area contributed by atoms with Crippen molar-refractivity contribution in [2.75, 3.05) is 26.2 Å². The number of carbonyl (C=O) groups excluding carboxylic acids is 1. The summed E-state index contributed by atoms with van der Waals surface area (Å²) in [6, 6.07) is 16.0. The number of halogens is 1. The summed E-state index contributed by atoms with van der Waals surface area (Å²) in [5, 5.41) is 0.786. The summed E-state index contributed by atoms with van der Waals surface area (Å²) < 4.78 is 0. The molecule has 0 atom stereocenters. The molecule has 4 nitrogen and oxygen atoms in total. The standard InChI is InChI=1S/C22H22ClN3OS/c1-16-6-7-17(14-24-16)22(27)26-12-10-25(11-13-26)15-18-8-9-21(28-18)19-4-2-3-5-20(19)23/h2-9,14H,10-13,15H2,1H3. The molecule has 3 aromatic rings. The predicted octanol–water partition coefficient (Wildman–Crippen LogP) is 4.73. The van der Waals surface area contributed by atoms with Crippen LogP contribution in [0.1, 0.15) is 20.9 Å². The van der Waals surface area contributed by atoms with Crippen molar-refractivity contribution < 1.29 is 4.79 Å². The first-order valence-corrected chi connectivity index (χ1v) is 10.6. The van der Waals surface area contributed by atoms with Crippen molar-refractivity contribution in [1.29, 1.82) is 0 Å². The molecule has 3 heterocycles. The van der Waals surface area contributed by atoms with E-state index in [2.05, 4.69) is 28.1 Å². The number of thiophene rings is 1. The molecule has 1 aliphatic heterocycles. The van der Waals surface area contributed by atoms with Gasteiger partial charge in [0.25, 0.3) is 5.91 Å². The van der Waals surface area contributed by atoms with Crippen LogP contribution in [0.4, 0.5) is 0 Å². The molecule has 4 rings (SSSR count). The van der Waals surface area contributed by atoms with Crippen molar-refractivity contribution in [1.82, 2.24) is 14.8 Å². The van der Waals surface area contributed by atoms with Crippen LogP contribution in [-0.4, -0.2) is 46.9 Å². The Balaban J connectivity index is 1.34. The smallest absolute Gasteiger partial charge is 0.255 e. The maximum absolute atomic E-state index is 12.6. The molecule has 0 saturated carbocycles. The van der Waals surface area contributed by atoms with Gasteiger partial charge in [-0.05, 0) is 37.3 Å². The first-order valence-electron chi connectivity index (χ1n) is 9.38. The topological polar surface area (TPSA) is 36.4 Å². The van der Waals surface area contributed by atoms with Crippen LogP contribution in [0, 0.1) is 6.92 Å². The molecule has 2 aromatic heterocycles. The lowest BCUT2D eigenvalue weighted by molar-refractivity contribution is 0.0629. The number of amides is 1. The molecule has 28 heavy (non-hydrogen) atoms. The van der Waals surface area contributed by atoms with Crippen molar-refractivity contribution in [3.8, 4) is 10.4 Å². The van der Waals surface area contributed by atoms with E-state index in [1.807, 2.05) is 42.2 Å². The summed E-state index contributed by atoms with van der Waals surface area (Å²) in [6.45, 7) is 6.08. The number of benzene rings is 1. The highest BCUT2D eigenvalue weighted by Gasteiger charge is 2.22. The Morgan fingerprint density at radius 3 is 2.57 bits per heavy atom. The predicted molar refractivity (Wildman–Crippen MR) is 115 cm³/mol. The Bertz CT molecular complexity index is 962. The highest BCUT2D eigenvalue weighted by Crippen LogP contribution is 2.33. The van der Waals surface area contributed by atoms with Crippen molar-refractivity contribution in [3.05, 3.63) is 75.9 Å². The van der Waals surface area contributed by atoms with Gasteiger partial charge in [-0.1, -0.05) is 29.8 Å². The second-order valence-electron chi connectivity index (χ2n) is 7.00. The minimum atomic E-state index is 0.0734. The number of aromatic nitrogens is 1. The van der Waals surface area contributed by atoms with Crippen LogP contribution >= 0.6 is 22.9 Å². The molecule has 0 bridgehead atoms. The summed E-state index contributed by atoms with van der Waals surface area (Å²) in [6.07, 6.45) is 1.67. The van der Waals surface area contributed by atoms with Crippen LogP contribution in [0.2, 0.25) is 5.02 Å². The van der Waals surface area contributed by atoms with E-state index in [1.54, 1.807) is 17.5 Å². The Morgan fingerprint density at radius 1 is 1.07 bits per heavy atom. The maximum atomic E-state index is 12.6. The molecule has 1 saturated heterocycles. The molecule has 1 aliphatic rings. The molecule has 0 aliphatic carbocycles. The minimum Gasteiger partial charge on any atom is -0.336 e. The van der Waals surface area contributed by atoms with Crippen molar-refractivity contribution in [2.24, 2.45) is 0 Å². The van der Waals surface area contributed by atoms with Gasteiger partial charge in [-0.15, -0.1) is 11.3 Å². The van der Waals surface area contributed by atoms with E-state index < -0.39 is 0 Å². The number of nitrogens with zero attached hydrogens (tertiary/aromatic N) is 3. The average Bonchev–Trinajstić information content (AvgIpc) is 3.17. The molecule has 1 aromatic carbocycles. The van der Waals surface area contributed by atoms with Crippen molar-refractivity contribution in [2.45, 2.75) is 13.5 Å². The Morgan fingerprint density at radius 2 is 1.86 bits per heavy atom. The van der Waals surface area contributed by atoms with Crippen LogP contribution < -0.4 is 0 Å². The van der Waals surface area contributed by atoms with Gasteiger partial charge in [0.1, 0.15) is 0 Å². The van der Waals surface area contributed by atoms with E-state index in [0.717, 1.165) is 49.0 Å². The Hall–Kier alpha value is -2.21. The molecule has 144 valence electrons. The lowest BCUT2D eigenvalue weighted by atomic mass is 10.2. The lowest BCUT2D eigenvalue weighted by Crippen LogP contribution is -2.48. The largest absolute Gasteiger partial charge is 0.336 e. The SMILES string of the molecule is Cc1ccc(C(=O)N2CCN(Cc3ccc(-c4ccccc4Cl)s3)CC2)cn1. The summed E-state index contributed by atoms with van der Waals surface area (Å²) in [5.41, 5.74) is 2.68. The van der Waals surface area contributed by atoms with Gasteiger partial charge in [0.05, 0.1) is 5.56 Å². The van der Waals surface area contributed by atoms with E-state index in [1.165, 1.54) is 9.75 Å². The van der Waals surface area contributed by atoms with E-state index in [0.29, 0.717) is 5.56 Å². The lowest BCUT2D eigenvalue weighted by Gasteiger charge is -2.34. The zero-order valence-electron chi connectivity index (χ0n) is 15.8. The number of hydrogen-bond donors (Lipinski definition) is 0. The van der Waals surface area contributed by atoms with Crippen LogP contribution in [0.25, 0.3) is 10.4 Å². The van der Waals surface area contributed by atoms with E-state index in [9.17, 15) is 4.79 Å². The quantitative estimate of drug-likeness (QED) is 0.622. The van der Waals surface area contributed by atoms with Gasteiger partial charge in [0, 0.05) is 65.0 Å². The fourth-order valence-corrected chi connectivity index (χ4v) is 4.76. The Labute approximate surface area is 174 Å². The number of rotatable bonds is 4. The average molecular weight is 412 g/mol. The third-order valence-corrected chi connectivity index (χ3v) is 6.43. The minimum absolute atomic E-state index is 0.0734. The third-order valence-electron chi connectivity index (χ3n) is 5.00. The highest BCUT2D eigenvalue weighted by molar-refractivity contribution is 7.15. The molecular weight excluding hydrogens is 390 g/mol. The highest BCUT2D eigenvalue weighted by atomic mass is 35.5. The van der Waals surface area contributed by atoms with Crippen LogP contribution in [-0.2, 0) is 6.54 Å². The van der Waals surface area contributed by atoms with Gasteiger partial charge in [0.15, 0.2) is 0 Å². The Kier molecular flexibility index (Phi) is 5.76. The van der Waals surface area contributed by atoms with E-state index in [-0.39, 0.29) is 5.91 Å². The molecule has 1 fully saturated rings. The zero-order valence-corrected chi connectivity index (χ0v) is 17.3. The van der Waals surface area contributed by atoms with Crippen LogP contribution in [0.5, 0.6) is 0 Å². The number of carbonyl (C=O) groups is 1. The van der Waals surface area contributed by atoms with Crippen molar-refractivity contribution >= 4 is 28.8 Å². The second kappa shape index (κ2) is 8.43. The fourth-order valence-electron chi connectivity index (χ4n) is 3.38. The zero-order chi connectivity index (χ0) is 19.5. The number of aryl methyl sites for hydroxylation is 1. The molecule has 0 radical (unpaired) electrons. The van der Waals surface area contributed by atoms with Gasteiger partial charge in [-0.25, -0.2) is 0 Å². The van der Waals surface area contributed by atoms with E-state index >= 15 is 0 Å². The fraction of sp³-hybridized carbons (Fsp3) is 0.273. The van der Waals surface area contributed by atoms with Gasteiger partial charge >= 0.3 is 0 Å². The second-order valence-corrected chi connectivity index (χ2v) is 8.58. The first kappa shape index (κ1) is 19.1. The van der Waals surface area contributed by atoms with Gasteiger partial charge in [-0.2, -0.15) is 0 Å². The summed E-state index contributed by atoms with van der Waals surface area (Å²) >= 11 is 8.10.